The Morgan fingerprint density at radius 3 is 2.22 bits per heavy atom. The fraction of sp³-hybridized carbons (Fsp3) is 0.848. The van der Waals surface area contributed by atoms with E-state index >= 15 is 0 Å². The molecule has 5 atom stereocenters. The highest BCUT2D eigenvalue weighted by Gasteiger charge is 2.38. The van der Waals surface area contributed by atoms with Gasteiger partial charge in [0, 0.05) is 42.7 Å². The molecule has 0 aromatic carbocycles. The fourth-order valence-electron chi connectivity index (χ4n) is 5.78. The summed E-state index contributed by atoms with van der Waals surface area (Å²) < 4.78 is 35.5. The molecule has 15 nitrogen and oxygen atoms in total. The second-order valence-corrected chi connectivity index (χ2v) is 14.2. The summed E-state index contributed by atoms with van der Waals surface area (Å²) in [6.45, 7) is 5.15. The maximum atomic E-state index is 12.7. The molecule has 0 saturated carbocycles. The highest BCUT2D eigenvalue weighted by molar-refractivity contribution is 7.47. The number of aryl methyl sites for hydroxylation is 1. The predicted molar refractivity (Wildman–Crippen MR) is 187 cm³/mol. The highest BCUT2D eigenvalue weighted by Crippen LogP contribution is 2.44. The monoisotopic (exact) mass is 714 g/mol. The van der Waals surface area contributed by atoms with Gasteiger partial charge in [-0.1, -0.05) is 102 Å². The predicted octanol–water partition coefficient (Wildman–Crippen LogP) is 6.73. The van der Waals surface area contributed by atoms with Gasteiger partial charge in [0.15, 0.2) is 0 Å². The van der Waals surface area contributed by atoms with Crippen molar-refractivity contribution in [3.8, 4) is 0 Å². The number of ether oxygens (including phenoxy) is 2. The summed E-state index contributed by atoms with van der Waals surface area (Å²) in [6.07, 6.45) is 18.1. The van der Waals surface area contributed by atoms with Gasteiger partial charge in [-0.05, 0) is 25.8 Å². The lowest BCUT2D eigenvalue weighted by molar-refractivity contribution is -0.122. The summed E-state index contributed by atoms with van der Waals surface area (Å²) in [5.74, 6) is -0.114. The first-order valence-corrected chi connectivity index (χ1v) is 19.6. The van der Waals surface area contributed by atoms with Crippen LogP contribution in [-0.2, 0) is 27.9 Å². The van der Waals surface area contributed by atoms with E-state index in [-0.39, 0.29) is 31.0 Å². The topological polar surface area (TPSA) is 207 Å². The van der Waals surface area contributed by atoms with Crippen molar-refractivity contribution in [2.45, 2.75) is 154 Å². The number of hydrogen-bond donors (Lipinski definition) is 3. The van der Waals surface area contributed by atoms with Crippen LogP contribution in [0.2, 0.25) is 0 Å². The van der Waals surface area contributed by atoms with Gasteiger partial charge in [-0.2, -0.15) is 0 Å². The number of nitrogens with zero attached hydrogens (tertiary/aromatic N) is 4. The van der Waals surface area contributed by atoms with E-state index in [2.05, 4.69) is 27.3 Å². The molecule has 1 aliphatic heterocycles. The molecule has 2 rings (SSSR count). The minimum absolute atomic E-state index is 0.0750. The molecule has 1 aromatic heterocycles. The van der Waals surface area contributed by atoms with Gasteiger partial charge < -0.3 is 19.7 Å². The number of rotatable bonds is 28. The van der Waals surface area contributed by atoms with E-state index in [9.17, 15) is 23.8 Å². The average molecular weight is 715 g/mol. The molecular formula is C33H59N6O9P. The molecule has 1 saturated heterocycles. The molecule has 1 amide bonds. The zero-order valence-corrected chi connectivity index (χ0v) is 30.6. The number of aromatic amines is 1. The van der Waals surface area contributed by atoms with Crippen molar-refractivity contribution < 1.29 is 32.8 Å². The van der Waals surface area contributed by atoms with Crippen molar-refractivity contribution in [3.05, 3.63) is 43.0 Å². The van der Waals surface area contributed by atoms with Crippen LogP contribution in [-0.4, -0.2) is 65.0 Å². The van der Waals surface area contributed by atoms with Crippen LogP contribution in [0.3, 0.4) is 0 Å². The first-order chi connectivity index (χ1) is 23.6. The maximum Gasteiger partial charge on any atom is 0.472 e. The first kappa shape index (κ1) is 42.7. The molecule has 49 heavy (non-hydrogen) atoms. The number of nitrogens with one attached hydrogen (secondary N) is 2. The number of phosphoric acid groups is 1. The van der Waals surface area contributed by atoms with Crippen LogP contribution in [0.15, 0.2) is 20.9 Å². The fourth-order valence-corrected chi connectivity index (χ4v) is 6.55. The largest absolute Gasteiger partial charge is 0.472 e. The van der Waals surface area contributed by atoms with Crippen molar-refractivity contribution in [1.29, 1.82) is 0 Å². The lowest BCUT2D eigenvalue weighted by atomic mass is 10.0. The third-order valence-electron chi connectivity index (χ3n) is 8.62. The van der Waals surface area contributed by atoms with Gasteiger partial charge in [-0.25, -0.2) is 9.36 Å². The number of unbranched alkanes of at least 4 members (excludes halogenated alkanes) is 14. The lowest BCUT2D eigenvalue weighted by Gasteiger charge is -2.21. The van der Waals surface area contributed by atoms with Crippen molar-refractivity contribution >= 4 is 13.7 Å². The van der Waals surface area contributed by atoms with Crippen LogP contribution >= 0.6 is 7.82 Å². The Hall–Kier alpha value is -2.51. The van der Waals surface area contributed by atoms with Crippen molar-refractivity contribution in [1.82, 2.24) is 14.9 Å². The van der Waals surface area contributed by atoms with Crippen LogP contribution < -0.4 is 16.6 Å². The molecule has 0 spiro atoms. The van der Waals surface area contributed by atoms with Gasteiger partial charge in [-0.3, -0.25) is 28.2 Å². The van der Waals surface area contributed by atoms with Crippen molar-refractivity contribution in [2.24, 2.45) is 5.11 Å². The van der Waals surface area contributed by atoms with Crippen LogP contribution in [0, 0.1) is 6.92 Å². The number of azide groups is 1. The van der Waals surface area contributed by atoms with Gasteiger partial charge in [-0.15, -0.1) is 0 Å². The number of carbonyl (C=O) groups is 1. The molecule has 5 unspecified atom stereocenters. The first-order valence-electron chi connectivity index (χ1n) is 18.1. The third kappa shape index (κ3) is 17.8. The second kappa shape index (κ2) is 24.6. The number of aromatic nitrogens is 2. The SMILES string of the molecule is CCCCCCCCCCCCCCCCCC(=O)NCC(COP(=O)(O)OCC1OC(n2cc(C)c(=O)[nH]c2=O)CC1N=[N+]=[N-])OCC. The van der Waals surface area contributed by atoms with E-state index in [0.717, 1.165) is 23.8 Å². The molecule has 1 aliphatic rings. The Morgan fingerprint density at radius 1 is 1.06 bits per heavy atom. The number of carbonyl (C=O) groups excluding carboxylic acids is 1. The molecule has 1 aromatic rings. The van der Waals surface area contributed by atoms with Gasteiger partial charge in [0.2, 0.25) is 5.91 Å². The van der Waals surface area contributed by atoms with Crippen LogP contribution in [0.5, 0.6) is 0 Å². The second-order valence-electron chi connectivity index (χ2n) is 12.8. The van der Waals surface area contributed by atoms with Crippen molar-refractivity contribution in [3.63, 3.8) is 0 Å². The maximum absolute atomic E-state index is 12.7. The lowest BCUT2D eigenvalue weighted by Crippen LogP contribution is -2.36. The molecule has 0 radical (unpaired) electrons. The minimum Gasteiger partial charge on any atom is -0.374 e. The third-order valence-corrected chi connectivity index (χ3v) is 9.57. The summed E-state index contributed by atoms with van der Waals surface area (Å²) in [5, 5.41) is 6.48. The summed E-state index contributed by atoms with van der Waals surface area (Å²) in [6, 6.07) is -0.815. The van der Waals surface area contributed by atoms with Gasteiger partial charge in [0.25, 0.3) is 5.56 Å². The molecule has 0 aliphatic carbocycles. The van der Waals surface area contributed by atoms with Crippen LogP contribution in [0.1, 0.15) is 135 Å². The Morgan fingerprint density at radius 2 is 1.65 bits per heavy atom. The Bertz CT molecular complexity index is 1300. The van der Waals surface area contributed by atoms with Gasteiger partial charge >= 0.3 is 13.5 Å². The molecule has 16 heteroatoms. The van der Waals surface area contributed by atoms with Crippen LogP contribution in [0.25, 0.3) is 10.4 Å². The smallest absolute Gasteiger partial charge is 0.374 e. The number of amides is 1. The molecule has 0 bridgehead atoms. The summed E-state index contributed by atoms with van der Waals surface area (Å²) in [4.78, 5) is 51.7. The van der Waals surface area contributed by atoms with Crippen molar-refractivity contribution in [2.75, 3.05) is 26.4 Å². The van der Waals surface area contributed by atoms with E-state index in [0.29, 0.717) is 13.0 Å². The van der Waals surface area contributed by atoms with Crippen LogP contribution in [0.4, 0.5) is 0 Å². The number of phosphoric ester groups is 1. The number of H-pyrrole nitrogens is 1. The summed E-state index contributed by atoms with van der Waals surface area (Å²) in [7, 11) is -4.60. The quantitative estimate of drug-likeness (QED) is 0.0276. The van der Waals surface area contributed by atoms with E-state index < -0.39 is 50.2 Å². The Kier molecular flexibility index (Phi) is 21.4. The van der Waals surface area contributed by atoms with E-state index in [1.165, 1.54) is 90.2 Å². The normalized spacial score (nSPS) is 19.3. The minimum atomic E-state index is -4.60. The highest BCUT2D eigenvalue weighted by atomic mass is 31.2. The average Bonchev–Trinajstić information content (AvgIpc) is 3.47. The Balaban J connectivity index is 1.63. The van der Waals surface area contributed by atoms with Gasteiger partial charge in [0.1, 0.15) is 6.23 Å². The van der Waals surface area contributed by atoms with E-state index in [4.69, 9.17) is 24.1 Å². The standard InChI is InChI=1S/C33H59N6O9P/c1-4-6-7-8-9-10-11-12-13-14-15-16-17-18-19-20-30(40)35-22-27(45-5-2)24-46-49(43,44)47-25-29-28(37-38-34)21-31(48-29)39-23-26(3)32(41)36-33(39)42/h23,27-29,31H,4-22,24-25H2,1-3H3,(H,35,40)(H,43,44)(H,36,41,42). The molecular weight excluding hydrogens is 655 g/mol. The van der Waals surface area contributed by atoms with E-state index in [1.54, 1.807) is 6.92 Å². The van der Waals surface area contributed by atoms with Gasteiger partial charge in [0.05, 0.1) is 31.5 Å². The summed E-state index contributed by atoms with van der Waals surface area (Å²) in [5.41, 5.74) is 8.01. The molecule has 1 fully saturated rings. The Labute approximate surface area is 290 Å². The number of hydrogen-bond acceptors (Lipinski definition) is 9. The van der Waals surface area contributed by atoms with E-state index in [1.807, 2.05) is 0 Å². The zero-order valence-electron chi connectivity index (χ0n) is 29.7. The molecule has 2 heterocycles. The molecule has 3 N–H and O–H groups in total. The summed E-state index contributed by atoms with van der Waals surface area (Å²) >= 11 is 0. The zero-order chi connectivity index (χ0) is 35.9. The molecule has 280 valence electrons.